The molecule has 5 fully saturated rings. The van der Waals surface area contributed by atoms with Crippen molar-refractivity contribution >= 4 is 17.9 Å². The van der Waals surface area contributed by atoms with Crippen LogP contribution in [0.25, 0.3) is 0 Å². The first-order valence-corrected chi connectivity index (χ1v) is 16.7. The Kier molecular flexibility index (Phi) is 8.00. The van der Waals surface area contributed by atoms with E-state index in [1.807, 2.05) is 0 Å². The van der Waals surface area contributed by atoms with Gasteiger partial charge in [-0.3, -0.25) is 14.4 Å². The van der Waals surface area contributed by atoms with E-state index >= 15 is 0 Å². The largest absolute Gasteiger partial charge is 0.481 e. The SMILES string of the molecule is C=C(C)[C@@H]1CC[C@]2(COC(=O)CCC(=O)O)CC[C@]3(C)[C@H](CC[C@@H]4[C@@]5(C)CC[C@@H](OC(C)=O)C(C)(C)[C@@H]5CC[C@]43C)[C@@H]12. The Hall–Kier alpha value is -1.85. The van der Waals surface area contributed by atoms with Gasteiger partial charge < -0.3 is 14.6 Å². The van der Waals surface area contributed by atoms with Gasteiger partial charge in [-0.05, 0) is 117 Å². The van der Waals surface area contributed by atoms with Gasteiger partial charge in [0.1, 0.15) is 6.10 Å². The minimum atomic E-state index is -0.962. The third-order valence-corrected chi connectivity index (χ3v) is 14.6. The summed E-state index contributed by atoms with van der Waals surface area (Å²) in [7, 11) is 0. The van der Waals surface area contributed by atoms with Crippen molar-refractivity contribution in [3.05, 3.63) is 12.2 Å². The average Bonchev–Trinajstić information content (AvgIpc) is 3.28. The molecule has 236 valence electrons. The molecule has 5 rings (SSSR count). The monoisotopic (exact) mass is 584 g/mol. The molecule has 5 aliphatic rings. The quantitative estimate of drug-likeness (QED) is 0.241. The fourth-order valence-electron chi connectivity index (χ4n) is 12.4. The Morgan fingerprint density at radius 2 is 1.52 bits per heavy atom. The first kappa shape index (κ1) is 31.6. The van der Waals surface area contributed by atoms with Gasteiger partial charge >= 0.3 is 17.9 Å². The smallest absolute Gasteiger partial charge is 0.306 e. The van der Waals surface area contributed by atoms with Crippen LogP contribution in [0.4, 0.5) is 0 Å². The molecule has 0 aromatic heterocycles. The lowest BCUT2D eigenvalue weighted by Gasteiger charge is -2.73. The van der Waals surface area contributed by atoms with Crippen LogP contribution in [-0.4, -0.2) is 35.7 Å². The van der Waals surface area contributed by atoms with Crippen LogP contribution in [-0.2, 0) is 23.9 Å². The number of ether oxygens (including phenoxy) is 2. The second kappa shape index (κ2) is 10.6. The molecule has 6 heteroatoms. The number of hydrogen-bond acceptors (Lipinski definition) is 5. The molecule has 0 aliphatic heterocycles. The van der Waals surface area contributed by atoms with Crippen LogP contribution >= 0.6 is 0 Å². The van der Waals surface area contributed by atoms with Crippen molar-refractivity contribution in [2.75, 3.05) is 6.61 Å². The van der Waals surface area contributed by atoms with Crippen LogP contribution in [0, 0.1) is 56.7 Å². The molecule has 0 bridgehead atoms. The number of aliphatic carboxylic acids is 1. The van der Waals surface area contributed by atoms with Crippen molar-refractivity contribution < 1.29 is 29.0 Å². The molecule has 0 spiro atoms. The predicted octanol–water partition coefficient (Wildman–Crippen LogP) is 7.98. The molecule has 5 aliphatic carbocycles. The second-order valence-electron chi connectivity index (χ2n) is 16.6. The highest BCUT2D eigenvalue weighted by atomic mass is 16.5. The molecule has 0 aromatic rings. The summed E-state index contributed by atoms with van der Waals surface area (Å²) in [5.41, 5.74) is 1.82. The minimum absolute atomic E-state index is 0.00678. The zero-order valence-electron chi connectivity index (χ0n) is 27.4. The van der Waals surface area contributed by atoms with Crippen molar-refractivity contribution in [1.82, 2.24) is 0 Å². The Bertz CT molecular complexity index is 1130. The number of rotatable bonds is 7. The number of esters is 2. The highest BCUT2D eigenvalue weighted by Crippen LogP contribution is 2.77. The number of carbonyl (C=O) groups is 3. The van der Waals surface area contributed by atoms with Crippen molar-refractivity contribution in [2.45, 2.75) is 132 Å². The lowest BCUT2D eigenvalue weighted by Crippen LogP contribution is -2.67. The molecule has 10 atom stereocenters. The van der Waals surface area contributed by atoms with Gasteiger partial charge in [-0.25, -0.2) is 0 Å². The first-order valence-electron chi connectivity index (χ1n) is 16.7. The summed E-state index contributed by atoms with van der Waals surface area (Å²) in [6, 6.07) is 0. The fourth-order valence-corrected chi connectivity index (χ4v) is 12.4. The summed E-state index contributed by atoms with van der Waals surface area (Å²) in [5, 5.41) is 9.03. The van der Waals surface area contributed by atoms with E-state index in [4.69, 9.17) is 14.6 Å². The maximum Gasteiger partial charge on any atom is 0.306 e. The summed E-state index contributed by atoms with van der Waals surface area (Å²) < 4.78 is 11.8. The van der Waals surface area contributed by atoms with Crippen LogP contribution < -0.4 is 0 Å². The fraction of sp³-hybridized carbons (Fsp3) is 0.861. The highest BCUT2D eigenvalue weighted by molar-refractivity contribution is 5.76. The van der Waals surface area contributed by atoms with Gasteiger partial charge in [-0.2, -0.15) is 0 Å². The summed E-state index contributed by atoms with van der Waals surface area (Å²) in [6.07, 6.45) is 11.0. The second-order valence-corrected chi connectivity index (χ2v) is 16.6. The van der Waals surface area contributed by atoms with Gasteiger partial charge in [0, 0.05) is 17.8 Å². The number of carboxylic acid groups (broad SMARTS) is 1. The molecule has 0 heterocycles. The zero-order valence-corrected chi connectivity index (χ0v) is 27.4. The van der Waals surface area contributed by atoms with E-state index in [1.54, 1.807) is 6.92 Å². The number of carbonyl (C=O) groups excluding carboxylic acids is 2. The molecule has 6 nitrogen and oxygen atoms in total. The van der Waals surface area contributed by atoms with Crippen LogP contribution in [0.2, 0.25) is 0 Å². The van der Waals surface area contributed by atoms with Crippen LogP contribution in [0.1, 0.15) is 126 Å². The summed E-state index contributed by atoms with van der Waals surface area (Å²) in [5.74, 6) is 1.10. The van der Waals surface area contributed by atoms with Gasteiger partial charge in [0.2, 0.25) is 0 Å². The lowest BCUT2D eigenvalue weighted by molar-refractivity contribution is -0.252. The topological polar surface area (TPSA) is 89.9 Å². The van der Waals surface area contributed by atoms with E-state index in [1.165, 1.54) is 31.3 Å². The number of fused-ring (bicyclic) bond motifs is 7. The third kappa shape index (κ3) is 4.67. The van der Waals surface area contributed by atoms with Gasteiger partial charge in [-0.15, -0.1) is 0 Å². The maximum atomic E-state index is 12.5. The molecular formula is C36H56O6. The predicted molar refractivity (Wildman–Crippen MR) is 162 cm³/mol. The maximum absolute atomic E-state index is 12.5. The molecular weight excluding hydrogens is 528 g/mol. The summed E-state index contributed by atoms with van der Waals surface area (Å²) in [4.78, 5) is 35.5. The molecule has 42 heavy (non-hydrogen) atoms. The van der Waals surface area contributed by atoms with Crippen molar-refractivity contribution in [3.63, 3.8) is 0 Å². The van der Waals surface area contributed by atoms with Crippen molar-refractivity contribution in [2.24, 2.45) is 56.7 Å². The van der Waals surface area contributed by atoms with Crippen LogP contribution in [0.15, 0.2) is 12.2 Å². The number of allylic oxidation sites excluding steroid dienone is 1. The Labute approximate surface area is 253 Å². The standard InChI is InChI=1S/C36H56O6/c1-22(2)24-13-18-36(21-41-30(40)12-11-29(38)39)20-19-34(7)25(31(24)36)9-10-27-33(6)16-15-28(42-23(3)37)32(4,5)26(33)14-17-35(27,34)8/h24-28,31H,1,9-21H2,2-8H3,(H,38,39)/t24-,25+,26-,27+,28+,31+,33-,34+,35+,36+/m0/s1. The molecule has 0 saturated heterocycles. The first-order chi connectivity index (χ1) is 19.5. The van der Waals surface area contributed by atoms with Gasteiger partial charge in [0.15, 0.2) is 0 Å². The molecule has 0 amide bonds. The highest BCUT2D eigenvalue weighted by Gasteiger charge is 2.71. The van der Waals surface area contributed by atoms with Crippen LogP contribution in [0.3, 0.4) is 0 Å². The molecule has 5 saturated carbocycles. The lowest BCUT2D eigenvalue weighted by atomic mass is 9.32. The summed E-state index contributed by atoms with van der Waals surface area (Å²) >= 11 is 0. The molecule has 0 aromatic carbocycles. The Balaban J connectivity index is 1.43. The van der Waals surface area contributed by atoms with Crippen molar-refractivity contribution in [3.8, 4) is 0 Å². The van der Waals surface area contributed by atoms with E-state index in [9.17, 15) is 14.4 Å². The van der Waals surface area contributed by atoms with Gasteiger partial charge in [-0.1, -0.05) is 46.8 Å². The van der Waals surface area contributed by atoms with E-state index in [0.29, 0.717) is 36.2 Å². The van der Waals surface area contributed by atoms with E-state index in [0.717, 1.165) is 38.5 Å². The van der Waals surface area contributed by atoms with Crippen LogP contribution in [0.5, 0.6) is 0 Å². The number of hydrogen-bond donors (Lipinski definition) is 1. The molecule has 0 unspecified atom stereocenters. The number of carboxylic acids is 1. The van der Waals surface area contributed by atoms with E-state index < -0.39 is 5.97 Å². The average molecular weight is 585 g/mol. The minimum Gasteiger partial charge on any atom is -0.481 e. The molecule has 0 radical (unpaired) electrons. The summed E-state index contributed by atoms with van der Waals surface area (Å²) in [6.45, 7) is 21.1. The Morgan fingerprint density at radius 1 is 0.810 bits per heavy atom. The Morgan fingerprint density at radius 3 is 2.17 bits per heavy atom. The zero-order chi connectivity index (χ0) is 30.9. The van der Waals surface area contributed by atoms with Gasteiger partial charge in [0.25, 0.3) is 0 Å². The normalized spacial score (nSPS) is 45.4. The third-order valence-electron chi connectivity index (χ3n) is 14.6. The van der Waals surface area contributed by atoms with Crippen molar-refractivity contribution in [1.29, 1.82) is 0 Å². The van der Waals surface area contributed by atoms with E-state index in [2.05, 4.69) is 48.1 Å². The van der Waals surface area contributed by atoms with E-state index in [-0.39, 0.29) is 58.0 Å². The van der Waals surface area contributed by atoms with Gasteiger partial charge in [0.05, 0.1) is 19.4 Å². The molecule has 1 N–H and O–H groups in total.